The van der Waals surface area contributed by atoms with E-state index in [0.29, 0.717) is 5.69 Å². The van der Waals surface area contributed by atoms with Crippen LogP contribution < -0.4 is 10.6 Å². The normalized spacial score (nSPS) is 9.90. The first-order chi connectivity index (χ1) is 9.38. The molecule has 6 heteroatoms. The first kappa shape index (κ1) is 15.7. The SMILES string of the molecule is Cc1ccc(NC(=O)NC(=O)CCCC(=O)O)cc1C. The first-order valence-corrected chi connectivity index (χ1v) is 6.28. The monoisotopic (exact) mass is 278 g/mol. The molecule has 0 saturated heterocycles. The summed E-state index contributed by atoms with van der Waals surface area (Å²) in [6, 6.07) is 4.81. The molecule has 0 aliphatic heterocycles. The van der Waals surface area contributed by atoms with Crippen molar-refractivity contribution in [1.82, 2.24) is 5.32 Å². The van der Waals surface area contributed by atoms with E-state index in [2.05, 4.69) is 10.6 Å². The smallest absolute Gasteiger partial charge is 0.325 e. The number of hydrogen-bond donors (Lipinski definition) is 3. The molecule has 0 fully saturated rings. The average molecular weight is 278 g/mol. The van der Waals surface area contributed by atoms with Gasteiger partial charge in [-0.05, 0) is 43.5 Å². The largest absolute Gasteiger partial charge is 0.481 e. The minimum atomic E-state index is -0.961. The van der Waals surface area contributed by atoms with Crippen LogP contribution in [0.2, 0.25) is 0 Å². The van der Waals surface area contributed by atoms with Gasteiger partial charge in [-0.3, -0.25) is 14.9 Å². The number of benzene rings is 1. The quantitative estimate of drug-likeness (QED) is 0.769. The summed E-state index contributed by atoms with van der Waals surface area (Å²) in [5.41, 5.74) is 2.75. The number of aryl methyl sites for hydroxylation is 2. The highest BCUT2D eigenvalue weighted by Gasteiger charge is 2.09. The van der Waals surface area contributed by atoms with Gasteiger partial charge in [-0.1, -0.05) is 6.07 Å². The third-order valence-electron chi connectivity index (χ3n) is 2.81. The van der Waals surface area contributed by atoms with Crippen LogP contribution in [0, 0.1) is 13.8 Å². The number of nitrogens with one attached hydrogen (secondary N) is 2. The molecule has 1 aromatic rings. The molecule has 0 aliphatic rings. The predicted octanol–water partition coefficient (Wildman–Crippen LogP) is 2.21. The number of imide groups is 1. The van der Waals surface area contributed by atoms with Crippen LogP contribution in [0.25, 0.3) is 0 Å². The van der Waals surface area contributed by atoms with Crippen LogP contribution in [-0.2, 0) is 9.59 Å². The van der Waals surface area contributed by atoms with Crippen molar-refractivity contribution in [3.63, 3.8) is 0 Å². The number of aliphatic carboxylic acids is 1. The highest BCUT2D eigenvalue weighted by Crippen LogP contribution is 2.13. The number of urea groups is 1. The molecule has 0 heterocycles. The molecule has 6 nitrogen and oxygen atoms in total. The van der Waals surface area contributed by atoms with Crippen molar-refractivity contribution in [2.24, 2.45) is 0 Å². The Balaban J connectivity index is 2.41. The van der Waals surface area contributed by atoms with Crippen LogP contribution in [0.3, 0.4) is 0 Å². The summed E-state index contributed by atoms with van der Waals surface area (Å²) in [5, 5.41) is 13.1. The number of anilines is 1. The Morgan fingerprint density at radius 1 is 1.10 bits per heavy atom. The molecule has 1 rings (SSSR count). The van der Waals surface area contributed by atoms with E-state index in [4.69, 9.17) is 5.11 Å². The standard InChI is InChI=1S/C14H18N2O4/c1-9-6-7-11(8-10(9)2)15-14(20)16-12(17)4-3-5-13(18)19/h6-8H,3-5H2,1-2H3,(H,18,19)(H2,15,16,17,20). The predicted molar refractivity (Wildman–Crippen MR) is 74.6 cm³/mol. The van der Waals surface area contributed by atoms with Crippen LogP contribution in [-0.4, -0.2) is 23.0 Å². The van der Waals surface area contributed by atoms with Gasteiger partial charge in [-0.2, -0.15) is 0 Å². The van der Waals surface area contributed by atoms with E-state index in [-0.39, 0.29) is 19.3 Å². The van der Waals surface area contributed by atoms with Crippen molar-refractivity contribution in [2.45, 2.75) is 33.1 Å². The molecule has 0 spiro atoms. The first-order valence-electron chi connectivity index (χ1n) is 6.28. The molecule has 0 saturated carbocycles. The Labute approximate surface area is 117 Å². The summed E-state index contributed by atoms with van der Waals surface area (Å²) in [6.45, 7) is 3.89. The fraction of sp³-hybridized carbons (Fsp3) is 0.357. The Kier molecular flexibility index (Phi) is 5.71. The van der Waals surface area contributed by atoms with Crippen LogP contribution in [0.15, 0.2) is 18.2 Å². The second-order valence-corrected chi connectivity index (χ2v) is 4.55. The zero-order chi connectivity index (χ0) is 15.1. The summed E-state index contributed by atoms with van der Waals surface area (Å²) < 4.78 is 0. The minimum Gasteiger partial charge on any atom is -0.481 e. The molecule has 0 bridgehead atoms. The van der Waals surface area contributed by atoms with Crippen LogP contribution in [0.5, 0.6) is 0 Å². The minimum absolute atomic E-state index is 0.00659. The van der Waals surface area contributed by atoms with Crippen molar-refractivity contribution in [3.05, 3.63) is 29.3 Å². The van der Waals surface area contributed by atoms with E-state index in [1.54, 1.807) is 6.07 Å². The van der Waals surface area contributed by atoms with E-state index in [1.807, 2.05) is 26.0 Å². The Hall–Kier alpha value is -2.37. The summed E-state index contributed by atoms with van der Waals surface area (Å²) >= 11 is 0. The lowest BCUT2D eigenvalue weighted by molar-refractivity contribution is -0.137. The molecule has 0 atom stereocenters. The topological polar surface area (TPSA) is 95.5 Å². The number of hydrogen-bond acceptors (Lipinski definition) is 3. The second kappa shape index (κ2) is 7.28. The number of carboxylic acid groups (broad SMARTS) is 1. The van der Waals surface area contributed by atoms with E-state index >= 15 is 0 Å². The molecule has 0 radical (unpaired) electrons. The van der Waals surface area contributed by atoms with Gasteiger partial charge in [0, 0.05) is 18.5 Å². The highest BCUT2D eigenvalue weighted by molar-refractivity contribution is 6.01. The van der Waals surface area contributed by atoms with Gasteiger partial charge < -0.3 is 10.4 Å². The number of carbonyl (C=O) groups is 3. The fourth-order valence-electron chi connectivity index (χ4n) is 1.57. The Morgan fingerprint density at radius 3 is 2.40 bits per heavy atom. The molecular weight excluding hydrogens is 260 g/mol. The lowest BCUT2D eigenvalue weighted by Crippen LogP contribution is -2.34. The fourth-order valence-corrected chi connectivity index (χ4v) is 1.57. The van der Waals surface area contributed by atoms with Gasteiger partial charge in [-0.15, -0.1) is 0 Å². The van der Waals surface area contributed by atoms with Crippen LogP contribution >= 0.6 is 0 Å². The Morgan fingerprint density at radius 2 is 1.80 bits per heavy atom. The summed E-state index contributed by atoms with van der Waals surface area (Å²) in [7, 11) is 0. The van der Waals surface area contributed by atoms with Gasteiger partial charge >= 0.3 is 12.0 Å². The zero-order valence-electron chi connectivity index (χ0n) is 11.5. The third-order valence-corrected chi connectivity index (χ3v) is 2.81. The van der Waals surface area contributed by atoms with E-state index in [9.17, 15) is 14.4 Å². The van der Waals surface area contributed by atoms with E-state index in [1.165, 1.54) is 0 Å². The number of amides is 3. The zero-order valence-corrected chi connectivity index (χ0v) is 11.5. The van der Waals surface area contributed by atoms with Crippen molar-refractivity contribution >= 4 is 23.6 Å². The molecule has 3 N–H and O–H groups in total. The maximum absolute atomic E-state index is 11.6. The number of carboxylic acids is 1. The van der Waals surface area contributed by atoms with E-state index < -0.39 is 17.9 Å². The third kappa shape index (κ3) is 5.51. The highest BCUT2D eigenvalue weighted by atomic mass is 16.4. The maximum atomic E-state index is 11.6. The van der Waals surface area contributed by atoms with Crippen molar-refractivity contribution in [3.8, 4) is 0 Å². The van der Waals surface area contributed by atoms with Crippen LogP contribution in [0.1, 0.15) is 30.4 Å². The molecule has 3 amide bonds. The molecule has 20 heavy (non-hydrogen) atoms. The van der Waals surface area contributed by atoms with Crippen molar-refractivity contribution in [2.75, 3.05) is 5.32 Å². The molecule has 0 aliphatic carbocycles. The second-order valence-electron chi connectivity index (χ2n) is 4.55. The van der Waals surface area contributed by atoms with Gasteiger partial charge in [0.05, 0.1) is 0 Å². The van der Waals surface area contributed by atoms with Crippen molar-refractivity contribution in [1.29, 1.82) is 0 Å². The number of rotatable bonds is 5. The number of carbonyl (C=O) groups excluding carboxylic acids is 2. The lowest BCUT2D eigenvalue weighted by atomic mass is 10.1. The maximum Gasteiger partial charge on any atom is 0.325 e. The van der Waals surface area contributed by atoms with Crippen LogP contribution in [0.4, 0.5) is 10.5 Å². The molecule has 108 valence electrons. The molecule has 0 unspecified atom stereocenters. The summed E-state index contributed by atoms with van der Waals surface area (Å²) in [4.78, 5) is 33.2. The van der Waals surface area contributed by atoms with Crippen molar-refractivity contribution < 1.29 is 19.5 Å². The van der Waals surface area contributed by atoms with E-state index in [0.717, 1.165) is 11.1 Å². The molecule has 0 aromatic heterocycles. The molecular formula is C14H18N2O4. The summed E-state index contributed by atoms with van der Waals surface area (Å²) in [6.07, 6.45) is 0.122. The van der Waals surface area contributed by atoms with Gasteiger partial charge in [0.1, 0.15) is 0 Å². The lowest BCUT2D eigenvalue weighted by Gasteiger charge is -2.08. The van der Waals surface area contributed by atoms with Gasteiger partial charge in [0.25, 0.3) is 0 Å². The Bertz CT molecular complexity index is 526. The average Bonchev–Trinajstić information content (AvgIpc) is 2.33. The molecule has 1 aromatic carbocycles. The van der Waals surface area contributed by atoms with Gasteiger partial charge in [0.2, 0.25) is 5.91 Å². The van der Waals surface area contributed by atoms with Gasteiger partial charge in [-0.25, -0.2) is 4.79 Å². The van der Waals surface area contributed by atoms with Gasteiger partial charge in [0.15, 0.2) is 0 Å². The summed E-state index contributed by atoms with van der Waals surface area (Å²) in [5.74, 6) is -1.45.